The molecule has 2 saturated carbocycles. The average molecular weight is 425 g/mol. The maximum atomic E-state index is 12.3. The summed E-state index contributed by atoms with van der Waals surface area (Å²) in [5, 5.41) is 0. The topological polar surface area (TPSA) is 18.5 Å². The van der Waals surface area contributed by atoms with E-state index < -0.39 is 6.36 Å². The van der Waals surface area contributed by atoms with Crippen LogP contribution in [0.25, 0.3) is 0 Å². The van der Waals surface area contributed by atoms with E-state index in [1.807, 2.05) is 0 Å². The van der Waals surface area contributed by atoms with Gasteiger partial charge in [0.1, 0.15) is 5.75 Å². The molecule has 2 aliphatic carbocycles. The van der Waals surface area contributed by atoms with Crippen molar-refractivity contribution in [1.29, 1.82) is 0 Å². The Hall–Kier alpha value is -1.49. The summed E-state index contributed by atoms with van der Waals surface area (Å²) in [6.45, 7) is 0.718. The maximum Gasteiger partial charge on any atom is 0.573 e. The molecule has 1 aromatic carbocycles. The monoisotopic (exact) mass is 424 g/mol. The Morgan fingerprint density at radius 1 is 0.900 bits per heavy atom. The van der Waals surface area contributed by atoms with Crippen molar-refractivity contribution in [2.45, 2.75) is 70.6 Å². The van der Waals surface area contributed by atoms with E-state index in [0.717, 1.165) is 48.7 Å². The lowest BCUT2D eigenvalue weighted by Crippen LogP contribution is -2.25. The van der Waals surface area contributed by atoms with E-state index in [1.165, 1.54) is 63.5 Å². The Labute approximate surface area is 178 Å². The fraction of sp³-hybridized carbons (Fsp3) is 0.680. The average Bonchev–Trinajstić information content (AvgIpc) is 2.73. The number of alkyl halides is 3. The van der Waals surface area contributed by atoms with Crippen molar-refractivity contribution in [3.63, 3.8) is 0 Å². The molecule has 0 aromatic heterocycles. The molecule has 0 amide bonds. The molecule has 5 heteroatoms. The minimum atomic E-state index is -4.62. The highest BCUT2D eigenvalue weighted by atomic mass is 19.4. The van der Waals surface area contributed by atoms with Crippen molar-refractivity contribution < 1.29 is 22.6 Å². The van der Waals surface area contributed by atoms with E-state index >= 15 is 0 Å². The summed E-state index contributed by atoms with van der Waals surface area (Å²) >= 11 is 0. The molecule has 0 heterocycles. The first-order chi connectivity index (χ1) is 14.4. The van der Waals surface area contributed by atoms with Crippen LogP contribution in [0.1, 0.15) is 63.4 Å². The lowest BCUT2D eigenvalue weighted by molar-refractivity contribution is -0.274. The summed E-state index contributed by atoms with van der Waals surface area (Å²) < 4.78 is 45.8. The third kappa shape index (κ3) is 7.64. The minimum absolute atomic E-state index is 0.143. The molecule has 2 fully saturated rings. The summed E-state index contributed by atoms with van der Waals surface area (Å²) in [6, 6.07) is 6.35. The molecule has 1 aromatic rings. The molecule has 0 radical (unpaired) electrons. The van der Waals surface area contributed by atoms with Crippen LogP contribution in [-0.4, -0.2) is 20.1 Å². The van der Waals surface area contributed by atoms with Crippen molar-refractivity contribution in [2.24, 2.45) is 23.7 Å². The maximum absolute atomic E-state index is 12.3. The number of allylic oxidation sites excluding steroid dienone is 1. The highest BCUT2D eigenvalue weighted by Gasteiger charge is 2.31. The van der Waals surface area contributed by atoms with E-state index in [1.54, 1.807) is 19.2 Å². The number of ether oxygens (including phenoxy) is 2. The summed E-state index contributed by atoms with van der Waals surface area (Å²) in [5.74, 6) is 3.14. The molecule has 0 unspecified atom stereocenters. The normalized spacial score (nSPS) is 28.0. The van der Waals surface area contributed by atoms with Crippen molar-refractivity contribution in [3.05, 3.63) is 42.0 Å². The third-order valence-electron chi connectivity index (χ3n) is 7.04. The largest absolute Gasteiger partial charge is 0.573 e. The minimum Gasteiger partial charge on any atom is -0.406 e. The number of benzene rings is 1. The second kappa shape index (κ2) is 11.2. The van der Waals surface area contributed by atoms with E-state index in [2.05, 4.69) is 16.9 Å². The zero-order valence-electron chi connectivity index (χ0n) is 18.0. The van der Waals surface area contributed by atoms with Crippen LogP contribution in [0, 0.1) is 23.7 Å². The number of rotatable bonds is 8. The van der Waals surface area contributed by atoms with Crippen LogP contribution >= 0.6 is 0 Å². The van der Waals surface area contributed by atoms with Gasteiger partial charge in [-0.2, -0.15) is 0 Å². The van der Waals surface area contributed by atoms with Gasteiger partial charge in [0, 0.05) is 7.11 Å². The predicted octanol–water partition coefficient (Wildman–Crippen LogP) is 7.33. The van der Waals surface area contributed by atoms with Gasteiger partial charge in [0.15, 0.2) is 0 Å². The molecule has 2 nitrogen and oxygen atoms in total. The van der Waals surface area contributed by atoms with Gasteiger partial charge in [-0.15, -0.1) is 13.2 Å². The summed E-state index contributed by atoms with van der Waals surface area (Å²) in [5.41, 5.74) is 1.09. The second-order valence-electron chi connectivity index (χ2n) is 9.07. The Morgan fingerprint density at radius 2 is 1.50 bits per heavy atom. The van der Waals surface area contributed by atoms with Gasteiger partial charge in [0.2, 0.25) is 0 Å². The highest BCUT2D eigenvalue weighted by Crippen LogP contribution is 2.42. The van der Waals surface area contributed by atoms with Crippen LogP contribution in [0.5, 0.6) is 5.75 Å². The van der Waals surface area contributed by atoms with Crippen LogP contribution in [0.2, 0.25) is 0 Å². The second-order valence-corrected chi connectivity index (χ2v) is 9.07. The van der Waals surface area contributed by atoms with E-state index in [9.17, 15) is 13.2 Å². The number of halogens is 3. The van der Waals surface area contributed by atoms with Crippen molar-refractivity contribution in [1.82, 2.24) is 0 Å². The molecule has 0 aliphatic heterocycles. The Bertz CT molecular complexity index is 637. The smallest absolute Gasteiger partial charge is 0.406 e. The van der Waals surface area contributed by atoms with E-state index in [4.69, 9.17) is 4.74 Å². The van der Waals surface area contributed by atoms with Crippen molar-refractivity contribution >= 4 is 0 Å². The SMILES string of the molecule is COCC=C[C@H]1CC[C@H]([C@H]2CC[C@H](CCc3ccc(OC(F)(F)F)cc3)CC2)CC1. The van der Waals surface area contributed by atoms with Crippen LogP contribution in [0.15, 0.2) is 36.4 Å². The van der Waals surface area contributed by atoms with E-state index in [-0.39, 0.29) is 5.75 Å². The van der Waals surface area contributed by atoms with Gasteiger partial charge in [0.05, 0.1) is 6.61 Å². The molecule has 0 spiro atoms. The first-order valence-electron chi connectivity index (χ1n) is 11.4. The lowest BCUT2D eigenvalue weighted by Gasteiger charge is -2.37. The molecule has 3 rings (SSSR count). The Morgan fingerprint density at radius 3 is 2.07 bits per heavy atom. The van der Waals surface area contributed by atoms with Gasteiger partial charge >= 0.3 is 6.36 Å². The van der Waals surface area contributed by atoms with Gasteiger partial charge in [-0.05, 0) is 92.7 Å². The van der Waals surface area contributed by atoms with Crippen molar-refractivity contribution in [3.8, 4) is 5.75 Å². The van der Waals surface area contributed by atoms with Gasteiger partial charge in [-0.25, -0.2) is 0 Å². The van der Waals surface area contributed by atoms with Crippen LogP contribution in [0.4, 0.5) is 13.2 Å². The Balaban J connectivity index is 1.34. The quantitative estimate of drug-likeness (QED) is 0.407. The molecule has 0 saturated heterocycles. The third-order valence-corrected chi connectivity index (χ3v) is 7.04. The first kappa shape index (κ1) is 23.2. The molecular weight excluding hydrogens is 389 g/mol. The summed E-state index contributed by atoms with van der Waals surface area (Å²) in [6.07, 6.45) is 12.6. The van der Waals surface area contributed by atoms with Crippen molar-refractivity contribution in [2.75, 3.05) is 13.7 Å². The number of hydrogen-bond acceptors (Lipinski definition) is 2. The summed E-state index contributed by atoms with van der Waals surface area (Å²) in [7, 11) is 1.74. The van der Waals surface area contributed by atoms with Crippen LogP contribution < -0.4 is 4.74 Å². The molecule has 0 atom stereocenters. The molecule has 0 bridgehead atoms. The van der Waals surface area contributed by atoms with Crippen LogP contribution in [0.3, 0.4) is 0 Å². The van der Waals surface area contributed by atoms with E-state index in [0.29, 0.717) is 0 Å². The zero-order chi connectivity index (χ0) is 21.4. The molecular formula is C25H35F3O2. The predicted molar refractivity (Wildman–Crippen MR) is 113 cm³/mol. The first-order valence-corrected chi connectivity index (χ1v) is 11.4. The molecule has 0 N–H and O–H groups in total. The standard InChI is InChI=1S/C25H35F3O2/c1-29-18-2-3-19-6-12-22(13-7-19)23-14-8-20(9-15-23)4-5-21-10-16-24(17-11-21)30-25(26,27)28/h2-3,10-11,16-17,19-20,22-23H,4-9,12-15,18H2,1H3/t19-,20-,22-,23-. The van der Waals surface area contributed by atoms with Gasteiger partial charge in [0.25, 0.3) is 0 Å². The number of aryl methyl sites for hydroxylation is 1. The van der Waals surface area contributed by atoms with Gasteiger partial charge in [-0.1, -0.05) is 37.1 Å². The highest BCUT2D eigenvalue weighted by molar-refractivity contribution is 5.27. The van der Waals surface area contributed by atoms with Crippen LogP contribution in [-0.2, 0) is 11.2 Å². The molecule has 30 heavy (non-hydrogen) atoms. The summed E-state index contributed by atoms with van der Waals surface area (Å²) in [4.78, 5) is 0. The molecule has 2 aliphatic rings. The molecule has 168 valence electrons. The zero-order valence-corrected chi connectivity index (χ0v) is 18.0. The fourth-order valence-electron chi connectivity index (χ4n) is 5.33. The van der Waals surface area contributed by atoms with Gasteiger partial charge < -0.3 is 9.47 Å². The fourth-order valence-corrected chi connectivity index (χ4v) is 5.33. The number of hydrogen-bond donors (Lipinski definition) is 0. The Kier molecular flexibility index (Phi) is 8.67. The lowest BCUT2D eigenvalue weighted by atomic mass is 9.68. The number of methoxy groups -OCH3 is 1. The van der Waals surface area contributed by atoms with Gasteiger partial charge in [-0.3, -0.25) is 0 Å².